The van der Waals surface area contributed by atoms with Gasteiger partial charge in [-0.05, 0) is 5.69 Å². The van der Waals surface area contributed by atoms with Crippen LogP contribution in [0.4, 0.5) is 0 Å². The number of rotatable bonds is 1. The molecule has 1 atom stereocenters. The van der Waals surface area contributed by atoms with Crippen LogP contribution in [0.15, 0.2) is 65.8 Å². The third kappa shape index (κ3) is 5.45. The van der Waals surface area contributed by atoms with Gasteiger partial charge in [0.15, 0.2) is 0 Å². The van der Waals surface area contributed by atoms with Gasteiger partial charge in [0.1, 0.15) is 12.7 Å². The molecule has 1 aliphatic carbocycles. The third-order valence-corrected chi connectivity index (χ3v) is 4.52. The van der Waals surface area contributed by atoms with E-state index in [1.54, 1.807) is 11.0 Å². The summed E-state index contributed by atoms with van der Waals surface area (Å²) in [5, 5.41) is 6.56. The Morgan fingerprint density at radius 1 is 1.12 bits per heavy atom. The Morgan fingerprint density at radius 3 is 2.27 bits per heavy atom. The fraction of sp³-hybridized carbons (Fsp3) is 0.250. The van der Waals surface area contributed by atoms with Gasteiger partial charge in [0.2, 0.25) is 0 Å². The minimum atomic E-state index is 0. The van der Waals surface area contributed by atoms with Crippen LogP contribution < -0.4 is 24.8 Å². The molecule has 6 heteroatoms. The minimum Gasteiger partial charge on any atom is -1.00 e. The zero-order chi connectivity index (χ0) is 16.4. The predicted octanol–water partition coefficient (Wildman–Crippen LogP) is -1.13. The predicted molar refractivity (Wildman–Crippen MR) is 94.4 cm³/mol. The Bertz CT molecular complexity index is 846. The van der Waals surface area contributed by atoms with Gasteiger partial charge in [-0.25, -0.2) is 15.2 Å². The number of nitrogens with zero attached hydrogens (tertiary/aromatic N) is 3. The van der Waals surface area contributed by atoms with E-state index < -0.39 is 0 Å². The number of hydrogen-bond donors (Lipinski definition) is 0. The Balaban J connectivity index is 0.000000466. The standard InChI is InChI=1S/C11H8N3.C9H13.2ClH.Zr/c1-2-4-10-6-11(5-9(10)3-1)14-8-12-7-13-14;1-6-5-7(2)9(4)8(6)3;;;/h1-8H;6H,1-4H3;2*1H;/q2*-1;;;+4/p-2. The van der Waals surface area contributed by atoms with E-state index in [0.717, 1.165) is 5.69 Å². The molecule has 0 radical (unpaired) electrons. The van der Waals surface area contributed by atoms with Crippen molar-refractivity contribution in [1.29, 1.82) is 0 Å². The molecule has 1 unspecified atom stereocenters. The average Bonchev–Trinajstić information content (AvgIpc) is 3.25. The van der Waals surface area contributed by atoms with Gasteiger partial charge in [0.05, 0.1) is 0 Å². The summed E-state index contributed by atoms with van der Waals surface area (Å²) in [6, 6.07) is 12.5. The van der Waals surface area contributed by atoms with E-state index in [0.29, 0.717) is 5.92 Å². The van der Waals surface area contributed by atoms with Gasteiger partial charge in [-0.15, -0.1) is 48.0 Å². The van der Waals surface area contributed by atoms with Crippen LogP contribution in [0.1, 0.15) is 27.7 Å². The number of allylic oxidation sites excluding steroid dienone is 4. The molecule has 4 rings (SSSR count). The molecule has 134 valence electrons. The maximum atomic E-state index is 4.09. The van der Waals surface area contributed by atoms with Crippen molar-refractivity contribution in [3.05, 3.63) is 71.8 Å². The molecule has 0 amide bonds. The van der Waals surface area contributed by atoms with E-state index in [4.69, 9.17) is 0 Å². The van der Waals surface area contributed by atoms with Crippen LogP contribution in [-0.2, 0) is 26.2 Å². The number of hydrogen-bond acceptors (Lipinski definition) is 2. The van der Waals surface area contributed by atoms with Crippen molar-refractivity contribution >= 4 is 10.8 Å². The van der Waals surface area contributed by atoms with Gasteiger partial charge < -0.3 is 24.8 Å². The maximum Gasteiger partial charge on any atom is 4.00 e. The molecule has 2 aromatic carbocycles. The van der Waals surface area contributed by atoms with Crippen LogP contribution in [-0.4, -0.2) is 14.8 Å². The van der Waals surface area contributed by atoms with E-state index in [1.165, 1.54) is 33.8 Å². The Morgan fingerprint density at radius 2 is 1.81 bits per heavy atom. The van der Waals surface area contributed by atoms with E-state index in [9.17, 15) is 0 Å². The van der Waals surface area contributed by atoms with Crippen molar-refractivity contribution in [2.24, 2.45) is 5.92 Å². The van der Waals surface area contributed by atoms with Gasteiger partial charge in [0.25, 0.3) is 0 Å². The van der Waals surface area contributed by atoms with Crippen LogP contribution in [0.5, 0.6) is 0 Å². The fourth-order valence-electron chi connectivity index (χ4n) is 2.77. The van der Waals surface area contributed by atoms with Crippen molar-refractivity contribution in [2.45, 2.75) is 27.7 Å². The molecular formula is C20H21Cl2N3Zr. The number of fused-ring (bicyclic) bond motifs is 1. The SMILES string of the molecule is CC1=[C-]C(C)C(C)=C1C.[Cl-].[Cl-].[Zr+4].c1ccc2[cH-]c(-n3cncn3)cc2c1. The summed E-state index contributed by atoms with van der Waals surface area (Å²) in [4.78, 5) is 3.92. The van der Waals surface area contributed by atoms with Crippen LogP contribution in [0.3, 0.4) is 0 Å². The van der Waals surface area contributed by atoms with Gasteiger partial charge >= 0.3 is 26.2 Å². The fourth-order valence-corrected chi connectivity index (χ4v) is 2.77. The molecule has 3 nitrogen and oxygen atoms in total. The molecule has 0 fully saturated rings. The summed E-state index contributed by atoms with van der Waals surface area (Å²) in [5.74, 6) is 0.560. The molecule has 0 N–H and O–H groups in total. The number of benzene rings is 1. The summed E-state index contributed by atoms with van der Waals surface area (Å²) in [6.45, 7) is 8.67. The van der Waals surface area contributed by atoms with Crippen LogP contribution in [0.25, 0.3) is 16.5 Å². The van der Waals surface area contributed by atoms with Gasteiger partial charge in [0, 0.05) is 0 Å². The molecule has 0 saturated heterocycles. The van der Waals surface area contributed by atoms with E-state index >= 15 is 0 Å². The first-order valence-corrected chi connectivity index (χ1v) is 7.84. The van der Waals surface area contributed by atoms with Crippen LogP contribution >= 0.6 is 0 Å². The smallest absolute Gasteiger partial charge is 1.00 e. The monoisotopic (exact) mass is 463 g/mol. The average molecular weight is 466 g/mol. The second kappa shape index (κ2) is 10.9. The molecule has 0 spiro atoms. The first-order chi connectivity index (χ1) is 11.1. The quantitative estimate of drug-likeness (QED) is 0.426. The Hall–Kier alpha value is -1.09. The largest absolute Gasteiger partial charge is 4.00 e. The van der Waals surface area contributed by atoms with Gasteiger partial charge in [-0.3, -0.25) is 6.08 Å². The van der Waals surface area contributed by atoms with E-state index in [2.05, 4.69) is 68.1 Å². The van der Waals surface area contributed by atoms with E-state index in [1.807, 2.05) is 12.1 Å². The summed E-state index contributed by atoms with van der Waals surface area (Å²) < 4.78 is 1.76. The molecule has 1 aromatic heterocycles. The number of aromatic nitrogens is 3. The summed E-state index contributed by atoms with van der Waals surface area (Å²) in [6.07, 6.45) is 6.60. The van der Waals surface area contributed by atoms with Gasteiger partial charge in [-0.1, -0.05) is 32.8 Å². The maximum absolute atomic E-state index is 4.09. The van der Waals surface area contributed by atoms with Gasteiger partial charge in [-0.2, -0.15) is 16.2 Å². The molecular weight excluding hydrogens is 444 g/mol. The third-order valence-electron chi connectivity index (χ3n) is 4.52. The zero-order valence-corrected chi connectivity index (χ0v) is 19.3. The molecule has 0 bridgehead atoms. The molecule has 3 aromatic rings. The van der Waals surface area contributed by atoms with Crippen molar-refractivity contribution in [3.8, 4) is 5.69 Å². The van der Waals surface area contributed by atoms with Crippen molar-refractivity contribution < 1.29 is 51.0 Å². The summed E-state index contributed by atoms with van der Waals surface area (Å²) in [7, 11) is 0. The first kappa shape index (κ1) is 24.9. The molecule has 0 saturated carbocycles. The Labute approximate surface area is 186 Å². The van der Waals surface area contributed by atoms with Crippen molar-refractivity contribution in [1.82, 2.24) is 14.8 Å². The van der Waals surface area contributed by atoms with Crippen molar-refractivity contribution in [2.75, 3.05) is 0 Å². The van der Waals surface area contributed by atoms with Crippen molar-refractivity contribution in [3.63, 3.8) is 0 Å². The second-order valence-corrected chi connectivity index (χ2v) is 5.98. The minimum absolute atomic E-state index is 0. The Kier molecular flexibility index (Phi) is 10.5. The second-order valence-electron chi connectivity index (χ2n) is 5.98. The topological polar surface area (TPSA) is 30.7 Å². The number of halogens is 2. The molecule has 26 heavy (non-hydrogen) atoms. The first-order valence-electron chi connectivity index (χ1n) is 7.84. The molecule has 1 heterocycles. The summed E-state index contributed by atoms with van der Waals surface area (Å²) in [5.41, 5.74) is 5.30. The normalized spacial score (nSPS) is 15.2. The van der Waals surface area contributed by atoms with Crippen LogP contribution in [0, 0.1) is 12.0 Å². The molecule has 1 aliphatic rings. The van der Waals surface area contributed by atoms with E-state index in [-0.39, 0.29) is 51.0 Å². The van der Waals surface area contributed by atoms with Crippen LogP contribution in [0.2, 0.25) is 0 Å². The summed E-state index contributed by atoms with van der Waals surface area (Å²) >= 11 is 0. The zero-order valence-electron chi connectivity index (χ0n) is 15.3. The molecule has 0 aliphatic heterocycles.